The largest absolute Gasteiger partial charge is 0.346 e. The third-order valence-corrected chi connectivity index (χ3v) is 5.25. The van der Waals surface area contributed by atoms with E-state index in [1.165, 1.54) is 0 Å². The molecule has 26 heavy (non-hydrogen) atoms. The van der Waals surface area contributed by atoms with Crippen molar-refractivity contribution in [1.82, 2.24) is 4.57 Å². The van der Waals surface area contributed by atoms with Crippen molar-refractivity contribution in [2.75, 3.05) is 0 Å². The molecule has 1 heterocycles. The fourth-order valence-electron chi connectivity index (χ4n) is 3.53. The van der Waals surface area contributed by atoms with Crippen molar-refractivity contribution in [1.29, 1.82) is 0 Å². The topological polar surface area (TPSA) is 22.0 Å². The van der Waals surface area contributed by atoms with Gasteiger partial charge in [-0.15, -0.1) is 0 Å². The molecule has 0 bridgehead atoms. The number of rotatable bonds is 5. The molecule has 0 N–H and O–H groups in total. The van der Waals surface area contributed by atoms with Crippen LogP contribution in [0.4, 0.5) is 0 Å². The lowest BCUT2D eigenvalue weighted by Gasteiger charge is -2.10. The molecule has 0 aliphatic carbocycles. The number of nitrogens with zero attached hydrogens (tertiary/aromatic N) is 1. The summed E-state index contributed by atoms with van der Waals surface area (Å²) in [5.74, 6) is 0.671. The van der Waals surface area contributed by atoms with Crippen molar-refractivity contribution in [3.63, 3.8) is 0 Å². The molecule has 0 saturated heterocycles. The molecule has 4 aromatic rings. The fraction of sp³-hybridized carbons (Fsp3) is 0.208. The van der Waals surface area contributed by atoms with E-state index in [0.29, 0.717) is 5.92 Å². The molecule has 4 rings (SSSR count). The summed E-state index contributed by atoms with van der Waals surface area (Å²) in [6, 6.07) is 22.3. The van der Waals surface area contributed by atoms with E-state index in [2.05, 4.69) is 42.7 Å². The molecule has 0 radical (unpaired) electrons. The van der Waals surface area contributed by atoms with Gasteiger partial charge in [-0.25, -0.2) is 0 Å². The highest BCUT2D eigenvalue weighted by molar-refractivity contribution is 6.17. The highest BCUT2D eigenvalue weighted by Gasteiger charge is 2.17. The van der Waals surface area contributed by atoms with Gasteiger partial charge in [0.05, 0.1) is 0 Å². The Kier molecular flexibility index (Phi) is 4.34. The molecule has 0 saturated carbocycles. The molecule has 1 atom stereocenters. The molecule has 2 nitrogen and oxygen atoms in total. The molecule has 0 fully saturated rings. The number of benzene rings is 3. The molecular weight excluding hydrogens is 318 g/mol. The Morgan fingerprint density at radius 2 is 1.69 bits per heavy atom. The molecule has 1 aromatic heterocycles. The number of para-hydroxylation sites is 1. The first-order valence-electron chi connectivity index (χ1n) is 9.28. The van der Waals surface area contributed by atoms with Gasteiger partial charge in [0, 0.05) is 34.8 Å². The van der Waals surface area contributed by atoms with Crippen LogP contribution in [0.5, 0.6) is 0 Å². The van der Waals surface area contributed by atoms with Crippen LogP contribution >= 0.6 is 0 Å². The third kappa shape index (κ3) is 2.92. The monoisotopic (exact) mass is 341 g/mol. The lowest BCUT2D eigenvalue weighted by molar-refractivity contribution is 0.104. The summed E-state index contributed by atoms with van der Waals surface area (Å²) in [6.07, 6.45) is 3.16. The van der Waals surface area contributed by atoms with Crippen LogP contribution < -0.4 is 0 Å². The molecule has 2 heteroatoms. The van der Waals surface area contributed by atoms with Crippen molar-refractivity contribution in [2.45, 2.75) is 26.8 Å². The smallest absolute Gasteiger partial charge is 0.195 e. The minimum absolute atomic E-state index is 0.0925. The van der Waals surface area contributed by atoms with Crippen LogP contribution in [0.25, 0.3) is 21.7 Å². The molecule has 0 amide bonds. The first-order valence-corrected chi connectivity index (χ1v) is 9.28. The Morgan fingerprint density at radius 3 is 2.50 bits per heavy atom. The van der Waals surface area contributed by atoms with Crippen LogP contribution in [0.1, 0.15) is 36.2 Å². The summed E-state index contributed by atoms with van der Waals surface area (Å²) in [5.41, 5.74) is 2.67. The van der Waals surface area contributed by atoms with Gasteiger partial charge < -0.3 is 4.57 Å². The zero-order chi connectivity index (χ0) is 18.1. The van der Waals surface area contributed by atoms with E-state index in [-0.39, 0.29) is 5.78 Å². The predicted molar refractivity (Wildman–Crippen MR) is 109 cm³/mol. The second-order valence-corrected chi connectivity index (χ2v) is 7.12. The van der Waals surface area contributed by atoms with E-state index in [1.54, 1.807) is 0 Å². The molecule has 130 valence electrons. The molecule has 3 aromatic carbocycles. The Labute approximate surface area is 154 Å². The second kappa shape index (κ2) is 6.80. The number of carbonyl (C=O) groups is 1. The van der Waals surface area contributed by atoms with E-state index >= 15 is 0 Å². The minimum Gasteiger partial charge on any atom is -0.346 e. The summed E-state index contributed by atoms with van der Waals surface area (Å²) in [7, 11) is 0. The Hall–Kier alpha value is -2.87. The SMILES string of the molecule is CC[C@H](C)Cn1cc(C(=O)c2ccc3ccccc3c2)c2ccccc21. The van der Waals surface area contributed by atoms with Crippen LogP contribution in [0.15, 0.2) is 72.9 Å². The van der Waals surface area contributed by atoms with E-state index in [4.69, 9.17) is 0 Å². The number of ketones is 1. The van der Waals surface area contributed by atoms with Crippen LogP contribution in [-0.2, 0) is 6.54 Å². The van der Waals surface area contributed by atoms with E-state index in [9.17, 15) is 4.79 Å². The minimum atomic E-state index is 0.0925. The Morgan fingerprint density at radius 1 is 0.962 bits per heavy atom. The summed E-state index contributed by atoms with van der Waals surface area (Å²) < 4.78 is 2.23. The number of fused-ring (bicyclic) bond motifs is 2. The van der Waals surface area contributed by atoms with Gasteiger partial charge in [-0.1, -0.05) is 74.9 Å². The summed E-state index contributed by atoms with van der Waals surface area (Å²) in [4.78, 5) is 13.3. The molecule has 0 unspecified atom stereocenters. The lowest BCUT2D eigenvalue weighted by Crippen LogP contribution is -2.05. The first-order chi connectivity index (χ1) is 12.7. The Bertz CT molecular complexity index is 1090. The predicted octanol–water partition coefficient (Wildman–Crippen LogP) is 6.07. The zero-order valence-corrected chi connectivity index (χ0v) is 15.3. The number of hydrogen-bond donors (Lipinski definition) is 0. The van der Waals surface area contributed by atoms with Gasteiger partial charge in [-0.3, -0.25) is 4.79 Å². The normalized spacial score (nSPS) is 12.5. The quantitative estimate of drug-likeness (QED) is 0.404. The van der Waals surface area contributed by atoms with E-state index in [1.807, 2.05) is 48.7 Å². The van der Waals surface area contributed by atoms with Gasteiger partial charge in [0.25, 0.3) is 0 Å². The maximum Gasteiger partial charge on any atom is 0.195 e. The zero-order valence-electron chi connectivity index (χ0n) is 15.3. The number of carbonyl (C=O) groups excluding carboxylic acids is 1. The van der Waals surface area contributed by atoms with Gasteiger partial charge >= 0.3 is 0 Å². The van der Waals surface area contributed by atoms with Gasteiger partial charge in [-0.05, 0) is 28.8 Å². The van der Waals surface area contributed by atoms with Crippen LogP contribution in [0, 0.1) is 5.92 Å². The summed E-state index contributed by atoms with van der Waals surface area (Å²) >= 11 is 0. The summed E-state index contributed by atoms with van der Waals surface area (Å²) in [5, 5.41) is 3.29. The van der Waals surface area contributed by atoms with Crippen molar-refractivity contribution in [2.24, 2.45) is 5.92 Å². The van der Waals surface area contributed by atoms with Gasteiger partial charge in [0.1, 0.15) is 0 Å². The summed E-state index contributed by atoms with van der Waals surface area (Å²) in [6.45, 7) is 5.39. The maximum atomic E-state index is 13.3. The van der Waals surface area contributed by atoms with Crippen molar-refractivity contribution in [3.8, 4) is 0 Å². The van der Waals surface area contributed by atoms with Crippen molar-refractivity contribution >= 4 is 27.5 Å². The highest BCUT2D eigenvalue weighted by Crippen LogP contribution is 2.26. The molecule has 0 aliphatic rings. The maximum absolute atomic E-state index is 13.3. The van der Waals surface area contributed by atoms with Gasteiger partial charge in [-0.2, -0.15) is 0 Å². The van der Waals surface area contributed by atoms with Crippen molar-refractivity contribution < 1.29 is 4.79 Å². The fourth-order valence-corrected chi connectivity index (χ4v) is 3.53. The van der Waals surface area contributed by atoms with Gasteiger partial charge in [0.15, 0.2) is 5.78 Å². The van der Waals surface area contributed by atoms with Crippen molar-refractivity contribution in [3.05, 3.63) is 84.1 Å². The van der Waals surface area contributed by atoms with Gasteiger partial charge in [0.2, 0.25) is 0 Å². The number of hydrogen-bond acceptors (Lipinski definition) is 1. The molecule has 0 spiro atoms. The van der Waals surface area contributed by atoms with Crippen LogP contribution in [0.3, 0.4) is 0 Å². The lowest BCUT2D eigenvalue weighted by atomic mass is 10.00. The molecule has 0 aliphatic heterocycles. The average Bonchev–Trinajstić information content (AvgIpc) is 3.05. The molecular formula is C24H23NO. The first kappa shape index (κ1) is 16.6. The van der Waals surface area contributed by atoms with E-state index in [0.717, 1.165) is 45.8 Å². The third-order valence-electron chi connectivity index (χ3n) is 5.25. The Balaban J connectivity index is 1.80. The standard InChI is InChI=1S/C24H23NO/c1-3-17(2)15-25-16-22(21-10-6-7-11-23(21)25)24(26)20-13-12-18-8-4-5-9-19(18)14-20/h4-14,16-17H,3,15H2,1-2H3/t17-/m0/s1. The highest BCUT2D eigenvalue weighted by atomic mass is 16.1. The second-order valence-electron chi connectivity index (χ2n) is 7.12. The average molecular weight is 341 g/mol. The van der Waals surface area contributed by atoms with Crippen LogP contribution in [-0.4, -0.2) is 10.4 Å². The van der Waals surface area contributed by atoms with Crippen LogP contribution in [0.2, 0.25) is 0 Å². The number of aromatic nitrogens is 1. The van der Waals surface area contributed by atoms with E-state index < -0.39 is 0 Å².